The fourth-order valence-corrected chi connectivity index (χ4v) is 3.38. The fraction of sp³-hybridized carbons (Fsp3) is 0.300. The standard InChI is InChI=1S/C10H11BrN2O6S/c1-6(10(14)15)12(2)20(18,19)9-5-7(11)3-4-8(9)13(16)17/h3-6H,1-2H3,(H,14,15). The van der Waals surface area contributed by atoms with E-state index in [-0.39, 0.29) is 0 Å². The molecule has 0 fully saturated rings. The lowest BCUT2D eigenvalue weighted by Gasteiger charge is -2.20. The molecule has 0 aliphatic rings. The number of nitrogens with zero attached hydrogens (tertiary/aromatic N) is 2. The topological polar surface area (TPSA) is 118 Å². The Balaban J connectivity index is 3.46. The molecule has 1 unspecified atom stereocenters. The number of carbonyl (C=O) groups is 1. The normalized spacial score (nSPS) is 13.2. The summed E-state index contributed by atoms with van der Waals surface area (Å²) in [6.45, 7) is 1.17. The van der Waals surface area contributed by atoms with Crippen LogP contribution in [0.15, 0.2) is 27.6 Å². The van der Waals surface area contributed by atoms with Gasteiger partial charge in [-0.15, -0.1) is 0 Å². The van der Waals surface area contributed by atoms with Crippen LogP contribution in [-0.4, -0.2) is 41.8 Å². The largest absolute Gasteiger partial charge is 0.480 e. The number of hydrogen-bond donors (Lipinski definition) is 1. The van der Waals surface area contributed by atoms with Crippen molar-refractivity contribution in [1.82, 2.24) is 4.31 Å². The first kappa shape index (κ1) is 16.5. The Hall–Kier alpha value is -1.52. The molecule has 0 saturated carbocycles. The van der Waals surface area contributed by atoms with Gasteiger partial charge >= 0.3 is 5.97 Å². The molecule has 0 bridgehead atoms. The number of likely N-dealkylation sites (N-methyl/N-ethyl adjacent to an activating group) is 1. The first-order valence-corrected chi connectivity index (χ1v) is 7.47. The molecule has 8 nitrogen and oxygen atoms in total. The average molecular weight is 367 g/mol. The molecule has 1 rings (SSSR count). The molecule has 0 radical (unpaired) electrons. The molecular weight excluding hydrogens is 356 g/mol. The smallest absolute Gasteiger partial charge is 0.321 e. The van der Waals surface area contributed by atoms with Gasteiger partial charge in [-0.2, -0.15) is 4.31 Å². The molecule has 0 spiro atoms. The van der Waals surface area contributed by atoms with Crippen molar-refractivity contribution in [2.45, 2.75) is 17.9 Å². The molecular formula is C10H11BrN2O6S. The number of rotatable bonds is 5. The highest BCUT2D eigenvalue weighted by atomic mass is 79.9. The summed E-state index contributed by atoms with van der Waals surface area (Å²) in [5.41, 5.74) is -0.613. The van der Waals surface area contributed by atoms with Gasteiger partial charge in [0.05, 0.1) is 4.92 Å². The Labute approximate surface area is 123 Å². The van der Waals surface area contributed by atoms with E-state index < -0.39 is 37.5 Å². The van der Waals surface area contributed by atoms with Gasteiger partial charge in [-0.05, 0) is 19.1 Å². The first-order chi connectivity index (χ1) is 9.09. The van der Waals surface area contributed by atoms with Crippen LogP contribution in [0.1, 0.15) is 6.92 Å². The lowest BCUT2D eigenvalue weighted by molar-refractivity contribution is -0.387. The van der Waals surface area contributed by atoms with Gasteiger partial charge in [0.1, 0.15) is 6.04 Å². The third-order valence-corrected chi connectivity index (χ3v) is 5.13. The number of nitro groups is 1. The quantitative estimate of drug-likeness (QED) is 0.622. The zero-order chi connectivity index (χ0) is 15.7. The molecule has 1 aromatic carbocycles. The summed E-state index contributed by atoms with van der Waals surface area (Å²) in [7, 11) is -3.25. The Morgan fingerprint density at radius 2 is 2.05 bits per heavy atom. The van der Waals surface area contributed by atoms with Gasteiger partial charge in [0.15, 0.2) is 4.90 Å². The highest BCUT2D eigenvalue weighted by Gasteiger charge is 2.34. The SMILES string of the molecule is CC(C(=O)O)N(C)S(=O)(=O)c1cc(Br)ccc1[N+](=O)[O-]. The number of aliphatic carboxylic acids is 1. The Morgan fingerprint density at radius 3 is 2.50 bits per heavy atom. The zero-order valence-corrected chi connectivity index (χ0v) is 12.9. The van der Waals surface area contributed by atoms with E-state index in [0.29, 0.717) is 8.78 Å². The minimum atomic E-state index is -4.30. The molecule has 0 amide bonds. The van der Waals surface area contributed by atoms with Gasteiger partial charge in [-0.3, -0.25) is 14.9 Å². The zero-order valence-electron chi connectivity index (χ0n) is 10.5. The van der Waals surface area contributed by atoms with Crippen LogP contribution in [0.3, 0.4) is 0 Å². The van der Waals surface area contributed by atoms with Crippen LogP contribution in [0.2, 0.25) is 0 Å². The summed E-state index contributed by atoms with van der Waals surface area (Å²) in [5.74, 6) is -1.35. The number of hydrogen-bond acceptors (Lipinski definition) is 5. The third-order valence-electron chi connectivity index (χ3n) is 2.68. The predicted molar refractivity (Wildman–Crippen MR) is 72.8 cm³/mol. The van der Waals surface area contributed by atoms with E-state index in [4.69, 9.17) is 5.11 Å². The molecule has 110 valence electrons. The minimum Gasteiger partial charge on any atom is -0.480 e. The molecule has 0 aliphatic heterocycles. The van der Waals surface area contributed by atoms with E-state index in [1.807, 2.05) is 0 Å². The lowest BCUT2D eigenvalue weighted by atomic mass is 10.3. The van der Waals surface area contributed by atoms with Gasteiger partial charge < -0.3 is 5.11 Å². The second-order valence-corrected chi connectivity index (χ2v) is 6.79. The van der Waals surface area contributed by atoms with Crippen molar-refractivity contribution in [3.8, 4) is 0 Å². The van der Waals surface area contributed by atoms with Crippen LogP contribution in [0.25, 0.3) is 0 Å². The molecule has 0 aliphatic carbocycles. The molecule has 1 aromatic rings. The van der Waals surface area contributed by atoms with Crippen molar-refractivity contribution in [2.24, 2.45) is 0 Å². The Bertz CT molecular complexity index is 660. The van der Waals surface area contributed by atoms with Gasteiger partial charge in [-0.25, -0.2) is 8.42 Å². The van der Waals surface area contributed by atoms with Crippen LogP contribution in [-0.2, 0) is 14.8 Å². The second-order valence-electron chi connectivity index (χ2n) is 3.90. The van der Waals surface area contributed by atoms with E-state index in [1.165, 1.54) is 13.0 Å². The molecule has 1 N–H and O–H groups in total. The second kappa shape index (κ2) is 5.85. The van der Waals surface area contributed by atoms with Crippen LogP contribution < -0.4 is 0 Å². The van der Waals surface area contributed by atoms with E-state index in [1.54, 1.807) is 0 Å². The minimum absolute atomic E-state index is 0.332. The highest BCUT2D eigenvalue weighted by Crippen LogP contribution is 2.29. The number of nitro benzene ring substituents is 1. The highest BCUT2D eigenvalue weighted by molar-refractivity contribution is 9.10. The van der Waals surface area contributed by atoms with E-state index in [9.17, 15) is 23.3 Å². The molecule has 20 heavy (non-hydrogen) atoms. The van der Waals surface area contributed by atoms with Crippen molar-refractivity contribution >= 4 is 37.6 Å². The predicted octanol–water partition coefficient (Wildman–Crippen LogP) is 1.45. The summed E-state index contributed by atoms with van der Waals surface area (Å²) in [5, 5.41) is 19.7. The summed E-state index contributed by atoms with van der Waals surface area (Å²) < 4.78 is 25.5. The average Bonchev–Trinajstić information content (AvgIpc) is 2.36. The van der Waals surface area contributed by atoms with Crippen molar-refractivity contribution in [3.05, 3.63) is 32.8 Å². The van der Waals surface area contributed by atoms with E-state index >= 15 is 0 Å². The van der Waals surface area contributed by atoms with Crippen molar-refractivity contribution in [1.29, 1.82) is 0 Å². The van der Waals surface area contributed by atoms with Gasteiger partial charge in [0, 0.05) is 17.6 Å². The molecule has 10 heteroatoms. The summed E-state index contributed by atoms with van der Waals surface area (Å²) in [6, 6.07) is 2.09. The van der Waals surface area contributed by atoms with Crippen molar-refractivity contribution in [2.75, 3.05) is 7.05 Å². The van der Waals surface area contributed by atoms with E-state index in [0.717, 1.165) is 19.2 Å². The third kappa shape index (κ3) is 3.14. The number of carboxylic acid groups (broad SMARTS) is 1. The van der Waals surface area contributed by atoms with Crippen LogP contribution >= 0.6 is 15.9 Å². The monoisotopic (exact) mass is 366 g/mol. The van der Waals surface area contributed by atoms with Crippen LogP contribution in [0.4, 0.5) is 5.69 Å². The number of halogens is 1. The van der Waals surface area contributed by atoms with E-state index in [2.05, 4.69) is 15.9 Å². The molecule has 0 heterocycles. The maximum absolute atomic E-state index is 12.3. The van der Waals surface area contributed by atoms with Crippen LogP contribution in [0, 0.1) is 10.1 Å². The van der Waals surface area contributed by atoms with Crippen molar-refractivity contribution in [3.63, 3.8) is 0 Å². The number of sulfonamides is 1. The maximum atomic E-state index is 12.3. The Kier molecular flexibility index (Phi) is 4.84. The van der Waals surface area contributed by atoms with Gasteiger partial charge in [0.2, 0.25) is 10.0 Å². The maximum Gasteiger partial charge on any atom is 0.321 e. The van der Waals surface area contributed by atoms with Crippen LogP contribution in [0.5, 0.6) is 0 Å². The summed E-state index contributed by atoms with van der Waals surface area (Å²) in [6.07, 6.45) is 0. The molecule has 0 saturated heterocycles. The fourth-order valence-electron chi connectivity index (χ4n) is 1.36. The first-order valence-electron chi connectivity index (χ1n) is 5.23. The molecule has 1 atom stereocenters. The number of carboxylic acids is 1. The van der Waals surface area contributed by atoms with Gasteiger partial charge in [0.25, 0.3) is 5.69 Å². The molecule has 0 aromatic heterocycles. The summed E-state index contributed by atoms with van der Waals surface area (Å²) in [4.78, 5) is 20.4. The van der Waals surface area contributed by atoms with Crippen molar-refractivity contribution < 1.29 is 23.2 Å². The summed E-state index contributed by atoms with van der Waals surface area (Å²) >= 11 is 3.03. The van der Waals surface area contributed by atoms with Gasteiger partial charge in [-0.1, -0.05) is 15.9 Å². The Morgan fingerprint density at radius 1 is 1.50 bits per heavy atom. The number of benzene rings is 1. The lowest BCUT2D eigenvalue weighted by Crippen LogP contribution is -2.40.